The van der Waals surface area contributed by atoms with Gasteiger partial charge in [-0.05, 0) is 38.8 Å². The minimum atomic E-state index is -0.310. The van der Waals surface area contributed by atoms with E-state index in [-0.39, 0.29) is 17.5 Å². The molecule has 0 N–H and O–H groups in total. The Morgan fingerprint density at radius 2 is 1.79 bits per heavy atom. The maximum absolute atomic E-state index is 13.1. The van der Waals surface area contributed by atoms with Gasteiger partial charge in [-0.25, -0.2) is 14.8 Å². The normalized spacial score (nSPS) is 21.2. The van der Waals surface area contributed by atoms with Crippen LogP contribution < -0.4 is 4.90 Å². The third-order valence-electron chi connectivity index (χ3n) is 7.03. The van der Waals surface area contributed by atoms with Gasteiger partial charge in [0.15, 0.2) is 0 Å². The molecule has 3 saturated heterocycles. The highest BCUT2D eigenvalue weighted by Gasteiger charge is 2.38. The molecule has 34 heavy (non-hydrogen) atoms. The summed E-state index contributed by atoms with van der Waals surface area (Å²) in [5.41, 5.74) is 0.193. The Labute approximate surface area is 204 Å². The van der Waals surface area contributed by atoms with Crippen LogP contribution in [0.5, 0.6) is 0 Å². The molecule has 2 aromatic heterocycles. The highest BCUT2D eigenvalue weighted by atomic mass is 32.1. The fraction of sp³-hybridized carbons (Fsp3) is 0.583. The smallest absolute Gasteiger partial charge is 0.320 e. The third-order valence-corrected chi connectivity index (χ3v) is 8.04. The van der Waals surface area contributed by atoms with Crippen LogP contribution in [0, 0.1) is 0 Å². The van der Waals surface area contributed by atoms with Gasteiger partial charge in [-0.1, -0.05) is 6.07 Å². The predicted molar refractivity (Wildman–Crippen MR) is 130 cm³/mol. The van der Waals surface area contributed by atoms with Crippen LogP contribution in [0.25, 0.3) is 0 Å². The molecule has 182 valence electrons. The molecule has 0 aromatic carbocycles. The molecule has 0 saturated carbocycles. The number of hydrogen-bond donors (Lipinski definition) is 0. The van der Waals surface area contributed by atoms with Crippen molar-refractivity contribution in [3.8, 4) is 0 Å². The minimum absolute atomic E-state index is 0.0672. The second kappa shape index (κ2) is 9.50. The Bertz CT molecular complexity index is 1010. The summed E-state index contributed by atoms with van der Waals surface area (Å²) in [5.74, 6) is 1.19. The second-order valence-electron chi connectivity index (χ2n) is 9.80. The van der Waals surface area contributed by atoms with Crippen LogP contribution in [0.3, 0.4) is 0 Å². The molecule has 0 bridgehead atoms. The number of anilines is 1. The van der Waals surface area contributed by atoms with E-state index < -0.39 is 0 Å². The summed E-state index contributed by atoms with van der Waals surface area (Å²) >= 11 is 1.55. The Kier molecular flexibility index (Phi) is 6.44. The largest absolute Gasteiger partial charge is 0.359 e. The van der Waals surface area contributed by atoms with Crippen LogP contribution in [-0.4, -0.2) is 94.8 Å². The zero-order valence-corrected chi connectivity index (χ0v) is 20.7. The predicted octanol–water partition coefficient (Wildman–Crippen LogP) is 2.87. The van der Waals surface area contributed by atoms with Crippen molar-refractivity contribution in [2.24, 2.45) is 0 Å². The summed E-state index contributed by atoms with van der Waals surface area (Å²) in [6.45, 7) is 9.34. The fourth-order valence-electron chi connectivity index (χ4n) is 4.87. The number of carbonyl (C=O) groups excluding carboxylic acids is 2. The van der Waals surface area contributed by atoms with E-state index in [1.807, 2.05) is 47.2 Å². The maximum Gasteiger partial charge on any atom is 0.320 e. The summed E-state index contributed by atoms with van der Waals surface area (Å²) in [5, 5.41) is 2.86. The first kappa shape index (κ1) is 23.0. The molecule has 3 fully saturated rings. The first-order valence-electron chi connectivity index (χ1n) is 12.0. The Morgan fingerprint density at radius 3 is 2.44 bits per heavy atom. The first-order valence-corrected chi connectivity index (χ1v) is 12.9. The average molecular weight is 485 g/mol. The van der Waals surface area contributed by atoms with Gasteiger partial charge in [0.2, 0.25) is 0 Å². The average Bonchev–Trinajstić information content (AvgIpc) is 3.50. The van der Waals surface area contributed by atoms with E-state index in [0.717, 1.165) is 49.8 Å². The highest BCUT2D eigenvalue weighted by Crippen LogP contribution is 2.32. The van der Waals surface area contributed by atoms with E-state index in [1.165, 1.54) is 0 Å². The van der Waals surface area contributed by atoms with Gasteiger partial charge in [0.25, 0.3) is 5.91 Å². The molecule has 0 atom stereocenters. The molecule has 3 aliphatic rings. The van der Waals surface area contributed by atoms with Gasteiger partial charge < -0.3 is 24.3 Å². The van der Waals surface area contributed by atoms with Crippen molar-refractivity contribution in [3.05, 3.63) is 40.5 Å². The fourth-order valence-corrected chi connectivity index (χ4v) is 5.83. The van der Waals surface area contributed by atoms with Gasteiger partial charge in [-0.3, -0.25) is 4.79 Å². The number of likely N-dealkylation sites (tertiary alicyclic amines) is 1. The number of rotatable bonds is 3. The number of urea groups is 1. The van der Waals surface area contributed by atoms with E-state index in [1.54, 1.807) is 22.4 Å². The van der Waals surface area contributed by atoms with Crippen molar-refractivity contribution in [2.45, 2.75) is 38.1 Å². The van der Waals surface area contributed by atoms with Crippen LogP contribution in [0.15, 0.2) is 29.8 Å². The van der Waals surface area contributed by atoms with Gasteiger partial charge in [-0.2, -0.15) is 0 Å². The van der Waals surface area contributed by atoms with E-state index in [4.69, 9.17) is 4.74 Å². The number of ether oxygens (including phenoxy) is 1. The van der Waals surface area contributed by atoms with Crippen LogP contribution >= 0.6 is 11.3 Å². The Balaban J connectivity index is 1.12. The molecule has 3 amide bonds. The van der Waals surface area contributed by atoms with Gasteiger partial charge in [0.05, 0.1) is 17.2 Å². The number of piperazine rings is 1. The number of thiazole rings is 1. The van der Waals surface area contributed by atoms with Crippen LogP contribution in [0.2, 0.25) is 0 Å². The Hall–Kier alpha value is -2.72. The number of pyridine rings is 1. The number of hydrogen-bond acceptors (Lipinski definition) is 7. The molecular weight excluding hydrogens is 452 g/mol. The number of aromatic nitrogens is 2. The first-order chi connectivity index (χ1) is 16.4. The molecule has 3 aliphatic heterocycles. The minimum Gasteiger partial charge on any atom is -0.359 e. The lowest BCUT2D eigenvalue weighted by Gasteiger charge is -2.39. The molecule has 10 heteroatoms. The van der Waals surface area contributed by atoms with E-state index in [9.17, 15) is 9.59 Å². The van der Waals surface area contributed by atoms with Crippen LogP contribution in [0.1, 0.15) is 48.1 Å². The summed E-state index contributed by atoms with van der Waals surface area (Å²) in [6.07, 6.45) is 3.55. The highest BCUT2D eigenvalue weighted by molar-refractivity contribution is 7.09. The molecule has 0 unspecified atom stereocenters. The topological polar surface area (TPSA) is 82.1 Å². The van der Waals surface area contributed by atoms with Gasteiger partial charge >= 0.3 is 6.03 Å². The standard InChI is InChI=1S/C24H32N6O3S/c1-24(2)16-33-17-30(24)22(31)19-15-34-21(26-19)18-6-9-28(10-7-18)23(32)29-13-11-27(12-14-29)20-5-3-4-8-25-20/h3-5,8,15,18H,6-7,9-14,16-17H2,1-2H3. The summed E-state index contributed by atoms with van der Waals surface area (Å²) in [6, 6.07) is 6.05. The molecular formula is C24H32N6O3S. The number of piperidine rings is 1. The van der Waals surface area contributed by atoms with E-state index >= 15 is 0 Å². The molecule has 2 aromatic rings. The molecule has 0 radical (unpaired) electrons. The number of amides is 3. The Morgan fingerprint density at radius 1 is 1.06 bits per heavy atom. The number of nitrogens with zero attached hydrogens (tertiary/aromatic N) is 6. The second-order valence-corrected chi connectivity index (χ2v) is 10.7. The van der Waals surface area contributed by atoms with Crippen molar-refractivity contribution in [3.63, 3.8) is 0 Å². The van der Waals surface area contributed by atoms with Crippen molar-refractivity contribution in [1.29, 1.82) is 0 Å². The van der Waals surface area contributed by atoms with Crippen LogP contribution in [-0.2, 0) is 4.74 Å². The van der Waals surface area contributed by atoms with Crippen molar-refractivity contribution >= 4 is 29.1 Å². The molecule has 5 heterocycles. The van der Waals surface area contributed by atoms with Crippen molar-refractivity contribution < 1.29 is 14.3 Å². The monoisotopic (exact) mass is 484 g/mol. The van der Waals surface area contributed by atoms with E-state index in [0.29, 0.717) is 38.0 Å². The molecule has 0 spiro atoms. The SMILES string of the molecule is CC1(C)COCN1C(=O)c1csc(C2CCN(C(=O)N3CCN(c4ccccn4)CC3)CC2)n1. The molecule has 0 aliphatic carbocycles. The summed E-state index contributed by atoms with van der Waals surface area (Å²) in [4.78, 5) is 43.0. The third kappa shape index (κ3) is 4.61. The van der Waals surface area contributed by atoms with Gasteiger partial charge in [0, 0.05) is 56.8 Å². The zero-order chi connectivity index (χ0) is 23.7. The summed E-state index contributed by atoms with van der Waals surface area (Å²) < 4.78 is 5.48. The molecule has 9 nitrogen and oxygen atoms in total. The lowest BCUT2D eigenvalue weighted by atomic mass is 9.97. The van der Waals surface area contributed by atoms with Gasteiger partial charge in [-0.15, -0.1) is 11.3 Å². The summed E-state index contributed by atoms with van der Waals surface area (Å²) in [7, 11) is 0. The zero-order valence-electron chi connectivity index (χ0n) is 19.9. The number of carbonyl (C=O) groups is 2. The quantitative estimate of drug-likeness (QED) is 0.666. The van der Waals surface area contributed by atoms with Crippen molar-refractivity contribution in [2.75, 3.05) is 57.5 Å². The lowest BCUT2D eigenvalue weighted by molar-refractivity contribution is 0.0600. The maximum atomic E-state index is 13.1. The van der Waals surface area contributed by atoms with Crippen molar-refractivity contribution in [1.82, 2.24) is 24.7 Å². The molecule has 5 rings (SSSR count). The van der Waals surface area contributed by atoms with Crippen LogP contribution in [0.4, 0.5) is 10.6 Å². The van der Waals surface area contributed by atoms with Gasteiger partial charge in [0.1, 0.15) is 18.2 Å². The van der Waals surface area contributed by atoms with E-state index in [2.05, 4.69) is 14.9 Å². The lowest BCUT2D eigenvalue weighted by Crippen LogP contribution is -2.54.